The third-order valence-corrected chi connectivity index (χ3v) is 5.59. The van der Waals surface area contributed by atoms with Gasteiger partial charge in [-0.15, -0.1) is 0 Å². The Kier molecular flexibility index (Phi) is 11.6. The number of ketones is 1. The third kappa shape index (κ3) is 10.1. The van der Waals surface area contributed by atoms with E-state index in [9.17, 15) is 4.79 Å². The van der Waals surface area contributed by atoms with Crippen LogP contribution in [0, 0.1) is 6.92 Å². The van der Waals surface area contributed by atoms with Crippen molar-refractivity contribution >= 4 is 11.4 Å². The summed E-state index contributed by atoms with van der Waals surface area (Å²) >= 11 is 0. The van der Waals surface area contributed by atoms with E-state index >= 15 is 0 Å². The van der Waals surface area contributed by atoms with Crippen LogP contribution in [0.25, 0.3) is 16.8 Å². The number of hydrogen-bond donors (Lipinski definition) is 0. The van der Waals surface area contributed by atoms with Gasteiger partial charge in [-0.1, -0.05) is 104 Å². The fraction of sp³-hybridized carbons (Fsp3) is 0.273. The molecule has 0 unspecified atom stereocenters. The highest BCUT2D eigenvalue weighted by atomic mass is 16.1. The summed E-state index contributed by atoms with van der Waals surface area (Å²) in [5.41, 5.74) is 9.48. The Labute approximate surface area is 212 Å². The van der Waals surface area contributed by atoms with Crippen LogP contribution in [0.5, 0.6) is 0 Å². The maximum Gasteiger partial charge on any atom is 0.136 e. The molecule has 0 atom stereocenters. The molecule has 0 amide bonds. The van der Waals surface area contributed by atoms with Gasteiger partial charge < -0.3 is 0 Å². The molecule has 0 fully saturated rings. The number of aryl methyl sites for hydroxylation is 1. The molecule has 0 saturated carbocycles. The van der Waals surface area contributed by atoms with E-state index in [1.54, 1.807) is 0 Å². The van der Waals surface area contributed by atoms with Crippen LogP contribution in [-0.4, -0.2) is 10.8 Å². The molecule has 2 heteroatoms. The van der Waals surface area contributed by atoms with E-state index in [4.69, 9.17) is 0 Å². The molecule has 0 aliphatic rings. The smallest absolute Gasteiger partial charge is 0.136 e. The SMILES string of the molecule is CCC(=O)Cc1cccc(/C(C=C(C)C)=C/C=C(C)CC)c1.Cc1ccc(-c2ccccc2)nc1. The summed E-state index contributed by atoms with van der Waals surface area (Å²) in [6.45, 7) is 12.5. The fourth-order valence-electron chi connectivity index (χ4n) is 3.35. The number of carbonyl (C=O) groups excluding carboxylic acids is 1. The fourth-order valence-corrected chi connectivity index (χ4v) is 3.35. The molecule has 0 N–H and O–H groups in total. The van der Waals surface area contributed by atoms with E-state index in [1.807, 2.05) is 56.4 Å². The summed E-state index contributed by atoms with van der Waals surface area (Å²) in [7, 11) is 0. The van der Waals surface area contributed by atoms with E-state index < -0.39 is 0 Å². The van der Waals surface area contributed by atoms with Crippen molar-refractivity contribution < 1.29 is 4.79 Å². The van der Waals surface area contributed by atoms with E-state index in [0.717, 1.165) is 17.7 Å². The van der Waals surface area contributed by atoms with Gasteiger partial charge in [-0.3, -0.25) is 9.78 Å². The number of benzene rings is 2. The van der Waals surface area contributed by atoms with Gasteiger partial charge in [-0.25, -0.2) is 0 Å². The average molecular weight is 466 g/mol. The van der Waals surface area contributed by atoms with E-state index in [2.05, 4.69) is 81.2 Å². The van der Waals surface area contributed by atoms with Gasteiger partial charge in [0.05, 0.1) is 5.69 Å². The number of allylic oxidation sites excluding steroid dienone is 6. The molecule has 0 saturated heterocycles. The highest BCUT2D eigenvalue weighted by Gasteiger charge is 2.04. The van der Waals surface area contributed by atoms with Crippen LogP contribution in [0.4, 0.5) is 0 Å². The number of aromatic nitrogens is 1. The second kappa shape index (κ2) is 14.7. The van der Waals surface area contributed by atoms with Crippen LogP contribution < -0.4 is 0 Å². The number of Topliss-reactive ketones (excluding diaryl/α,β-unsaturated/α-hetero) is 1. The second-order valence-corrected chi connectivity index (χ2v) is 9.07. The van der Waals surface area contributed by atoms with Gasteiger partial charge in [0.1, 0.15) is 5.78 Å². The first kappa shape index (κ1) is 27.7. The van der Waals surface area contributed by atoms with Gasteiger partial charge >= 0.3 is 0 Å². The van der Waals surface area contributed by atoms with Crippen molar-refractivity contribution in [3.63, 3.8) is 0 Å². The van der Waals surface area contributed by atoms with Crippen molar-refractivity contribution in [3.8, 4) is 11.3 Å². The normalized spacial score (nSPS) is 11.4. The van der Waals surface area contributed by atoms with Gasteiger partial charge in [-0.05, 0) is 62.4 Å². The lowest BCUT2D eigenvalue weighted by Gasteiger charge is -2.07. The Morgan fingerprint density at radius 1 is 0.857 bits per heavy atom. The van der Waals surface area contributed by atoms with Gasteiger partial charge in [0.25, 0.3) is 0 Å². The van der Waals surface area contributed by atoms with Gasteiger partial charge in [-0.2, -0.15) is 0 Å². The quantitative estimate of drug-likeness (QED) is 0.311. The summed E-state index contributed by atoms with van der Waals surface area (Å²) in [6.07, 6.45) is 10.6. The number of hydrogen-bond acceptors (Lipinski definition) is 2. The van der Waals surface area contributed by atoms with Gasteiger partial charge in [0.15, 0.2) is 0 Å². The first-order chi connectivity index (χ1) is 16.8. The monoisotopic (exact) mass is 465 g/mol. The van der Waals surface area contributed by atoms with E-state index in [-0.39, 0.29) is 5.78 Å². The molecule has 0 aliphatic heterocycles. The zero-order valence-corrected chi connectivity index (χ0v) is 22.1. The summed E-state index contributed by atoms with van der Waals surface area (Å²) < 4.78 is 0. The molecule has 0 aliphatic carbocycles. The first-order valence-corrected chi connectivity index (χ1v) is 12.4. The van der Waals surface area contributed by atoms with Crippen LogP contribution in [0.3, 0.4) is 0 Å². The lowest BCUT2D eigenvalue weighted by Crippen LogP contribution is -2.00. The molecule has 0 bridgehead atoms. The van der Waals surface area contributed by atoms with E-state index in [1.165, 1.54) is 33.4 Å². The van der Waals surface area contributed by atoms with Crippen molar-refractivity contribution in [2.75, 3.05) is 0 Å². The molecule has 35 heavy (non-hydrogen) atoms. The minimum Gasteiger partial charge on any atom is -0.299 e. The summed E-state index contributed by atoms with van der Waals surface area (Å²) in [5, 5.41) is 0. The number of nitrogens with zero attached hydrogens (tertiary/aromatic N) is 1. The van der Waals surface area contributed by atoms with Gasteiger partial charge in [0, 0.05) is 24.6 Å². The van der Waals surface area contributed by atoms with E-state index in [0.29, 0.717) is 12.8 Å². The Morgan fingerprint density at radius 3 is 2.20 bits per heavy atom. The highest BCUT2D eigenvalue weighted by molar-refractivity contribution is 5.81. The highest BCUT2D eigenvalue weighted by Crippen LogP contribution is 2.21. The average Bonchev–Trinajstić information content (AvgIpc) is 2.87. The summed E-state index contributed by atoms with van der Waals surface area (Å²) in [4.78, 5) is 16.0. The molecule has 0 spiro atoms. The Morgan fingerprint density at radius 2 is 1.60 bits per heavy atom. The minimum absolute atomic E-state index is 0.284. The summed E-state index contributed by atoms with van der Waals surface area (Å²) in [6, 6.07) is 22.6. The molecule has 0 radical (unpaired) electrons. The van der Waals surface area contributed by atoms with Crippen LogP contribution in [0.2, 0.25) is 0 Å². The Bertz CT molecular complexity index is 1160. The Balaban J connectivity index is 0.000000279. The lowest BCUT2D eigenvalue weighted by atomic mass is 9.98. The first-order valence-electron chi connectivity index (χ1n) is 12.4. The molecule has 3 rings (SSSR count). The zero-order chi connectivity index (χ0) is 25.6. The minimum atomic E-state index is 0.284. The second-order valence-electron chi connectivity index (χ2n) is 9.07. The van der Waals surface area contributed by atoms with Gasteiger partial charge in [0.2, 0.25) is 0 Å². The molecule has 182 valence electrons. The van der Waals surface area contributed by atoms with Crippen LogP contribution in [0.15, 0.2) is 102 Å². The van der Waals surface area contributed by atoms with Crippen molar-refractivity contribution in [3.05, 3.63) is 119 Å². The van der Waals surface area contributed by atoms with Crippen LogP contribution in [-0.2, 0) is 11.2 Å². The van der Waals surface area contributed by atoms with Crippen molar-refractivity contribution in [2.24, 2.45) is 0 Å². The standard InChI is InChI=1S/C21H28O.C12H11N/c1-6-17(5)11-12-20(13-16(3)4)19-10-8-9-18(14-19)15-21(22)7-2;1-10-7-8-12(13-9-10)11-5-3-2-4-6-11/h8-14H,6-7,15H2,1-5H3;2-9H,1H3/b17-11?,20-12+;. The molecule has 3 aromatic rings. The molecule has 2 aromatic carbocycles. The topological polar surface area (TPSA) is 30.0 Å². The van der Waals surface area contributed by atoms with Crippen LogP contribution in [0.1, 0.15) is 64.2 Å². The summed E-state index contributed by atoms with van der Waals surface area (Å²) in [5.74, 6) is 0.284. The third-order valence-electron chi connectivity index (χ3n) is 5.59. The van der Waals surface area contributed by atoms with Crippen LogP contribution >= 0.6 is 0 Å². The van der Waals surface area contributed by atoms with Crippen molar-refractivity contribution in [1.82, 2.24) is 4.98 Å². The molecular formula is C33H39NO. The molecule has 1 heterocycles. The number of rotatable bonds is 8. The van der Waals surface area contributed by atoms with Crippen molar-refractivity contribution in [1.29, 1.82) is 0 Å². The largest absolute Gasteiger partial charge is 0.299 e. The molecule has 1 aromatic heterocycles. The maximum atomic E-state index is 11.7. The lowest BCUT2D eigenvalue weighted by molar-refractivity contribution is -0.118. The number of carbonyl (C=O) groups is 1. The predicted octanol–water partition coefficient (Wildman–Crippen LogP) is 8.97. The zero-order valence-electron chi connectivity index (χ0n) is 22.1. The number of pyridine rings is 1. The van der Waals surface area contributed by atoms with Crippen molar-refractivity contribution in [2.45, 2.75) is 60.8 Å². The Hall–Kier alpha value is -3.52. The predicted molar refractivity (Wildman–Crippen MR) is 151 cm³/mol. The molecule has 2 nitrogen and oxygen atoms in total. The maximum absolute atomic E-state index is 11.7. The molecular weight excluding hydrogens is 426 g/mol.